The average Bonchev–Trinajstić information content (AvgIpc) is 3.90. The first-order chi connectivity index (χ1) is 31.6. The Morgan fingerprint density at radius 3 is 2.01 bits per heavy atom. The number of hydrogen-bond acceptors (Lipinski definition) is 10. The smallest absolute Gasteiger partial charge is 0.326 e. The van der Waals surface area contributed by atoms with E-state index in [0.29, 0.717) is 50.6 Å². The van der Waals surface area contributed by atoms with Crippen molar-refractivity contribution in [3.63, 3.8) is 0 Å². The number of amides is 7. The highest BCUT2D eigenvalue weighted by molar-refractivity contribution is 6.12. The Balaban J connectivity index is 1.71. The highest BCUT2D eigenvalue weighted by Crippen LogP contribution is 2.30. The number of halogens is 1. The second-order valence-electron chi connectivity index (χ2n) is 18.7. The van der Waals surface area contributed by atoms with Gasteiger partial charge in [-0.1, -0.05) is 73.4 Å². The summed E-state index contributed by atoms with van der Waals surface area (Å²) in [5, 5.41) is 15.5. The van der Waals surface area contributed by atoms with Crippen LogP contribution in [0.4, 0.5) is 4.39 Å². The summed E-state index contributed by atoms with van der Waals surface area (Å²) in [6.45, 7) is 13.5. The predicted molar refractivity (Wildman–Crippen MR) is 248 cm³/mol. The van der Waals surface area contributed by atoms with Gasteiger partial charge in [-0.2, -0.15) is 0 Å². The van der Waals surface area contributed by atoms with Gasteiger partial charge in [-0.15, -0.1) is 0 Å². The molecule has 3 rings (SSSR count). The maximum absolute atomic E-state index is 14.6. The fraction of sp³-hybridized carbons (Fsp3) is 0.673. The van der Waals surface area contributed by atoms with E-state index in [-0.39, 0.29) is 73.1 Å². The van der Waals surface area contributed by atoms with Crippen molar-refractivity contribution in [2.24, 2.45) is 23.7 Å². The minimum Gasteiger partial charge on any atom is -0.480 e. The fourth-order valence-electron chi connectivity index (χ4n) is 9.27. The summed E-state index contributed by atoms with van der Waals surface area (Å²) in [7, 11) is 6.13. The number of nitrogens with one attached hydrogen (secondary N) is 2. The van der Waals surface area contributed by atoms with Crippen LogP contribution in [-0.2, 0) is 54.3 Å². The van der Waals surface area contributed by atoms with Gasteiger partial charge in [-0.05, 0) is 61.1 Å². The van der Waals surface area contributed by atoms with Gasteiger partial charge in [0.05, 0.1) is 36.6 Å². The zero-order valence-electron chi connectivity index (χ0n) is 41.3. The van der Waals surface area contributed by atoms with E-state index < -0.39 is 71.9 Å². The molecular formula is C49H75FN6O11. The Morgan fingerprint density at radius 1 is 0.851 bits per heavy atom. The highest BCUT2D eigenvalue weighted by atomic mass is 19.1. The molecular weight excluding hydrogens is 868 g/mol. The van der Waals surface area contributed by atoms with Gasteiger partial charge in [-0.3, -0.25) is 38.5 Å². The third kappa shape index (κ3) is 15.1. The third-order valence-corrected chi connectivity index (χ3v) is 13.3. The lowest BCUT2D eigenvalue weighted by atomic mass is 9.89. The second kappa shape index (κ2) is 26.3. The molecule has 1 aromatic carbocycles. The first kappa shape index (κ1) is 56.1. The maximum atomic E-state index is 14.6. The zero-order chi connectivity index (χ0) is 50.3. The minimum atomic E-state index is -1.29. The van der Waals surface area contributed by atoms with Crippen LogP contribution in [-0.4, -0.2) is 156 Å². The first-order valence-electron chi connectivity index (χ1n) is 23.6. The number of unbranched alkanes of at least 4 members (excludes halogenated alkanes) is 2. The first-order valence-corrected chi connectivity index (χ1v) is 23.6. The number of carboxylic acids is 1. The normalized spacial score (nSPS) is 18.6. The molecule has 0 aliphatic carbocycles. The lowest BCUT2D eigenvalue weighted by Crippen LogP contribution is -2.60. The summed E-state index contributed by atoms with van der Waals surface area (Å²) in [5.74, 6) is -6.06. The predicted octanol–water partition coefficient (Wildman–Crippen LogP) is 3.97. The number of carboxylic acid groups (broad SMARTS) is 1. The summed E-state index contributed by atoms with van der Waals surface area (Å²) in [6, 6.07) is 1.08. The Bertz CT molecular complexity index is 1890. The lowest BCUT2D eigenvalue weighted by Gasteiger charge is -2.41. The van der Waals surface area contributed by atoms with Crippen molar-refractivity contribution in [3.05, 3.63) is 47.8 Å². The van der Waals surface area contributed by atoms with Crippen molar-refractivity contribution in [2.45, 2.75) is 149 Å². The molecule has 7 amide bonds. The van der Waals surface area contributed by atoms with Gasteiger partial charge in [0.25, 0.3) is 11.8 Å². The molecule has 3 N–H and O–H groups in total. The van der Waals surface area contributed by atoms with E-state index in [1.807, 2.05) is 41.5 Å². The van der Waals surface area contributed by atoms with Crippen LogP contribution in [0.2, 0.25) is 0 Å². The number of methoxy groups -OCH3 is 2. The van der Waals surface area contributed by atoms with Gasteiger partial charge >= 0.3 is 5.97 Å². The van der Waals surface area contributed by atoms with Crippen molar-refractivity contribution in [3.8, 4) is 0 Å². The molecule has 0 radical (unpaired) electrons. The SMILES string of the molecule is CC[C@H](C)[C@@H]([C@@H](CC(=O)N1CCC[C@H]1[C@H](OC)[C@@H](C)C(=O)N[C@@H](Cc1ccc(F)cc1)C(=O)O)OC)N(C)C(=O)[C@@H](NC(=O)[C@H](C(C)C)N(C)C(=O)CCCCCN1C(=O)C=CC1=O)C(C)C. The Hall–Kier alpha value is -5.23. The second-order valence-corrected chi connectivity index (χ2v) is 18.7. The van der Waals surface area contributed by atoms with Crippen LogP contribution in [0.5, 0.6) is 0 Å². The number of hydrogen-bond donors (Lipinski definition) is 3. The molecule has 0 unspecified atom stereocenters. The van der Waals surface area contributed by atoms with E-state index in [1.54, 1.807) is 30.8 Å². The third-order valence-electron chi connectivity index (χ3n) is 13.3. The molecule has 17 nitrogen and oxygen atoms in total. The van der Waals surface area contributed by atoms with Gasteiger partial charge in [0.15, 0.2) is 0 Å². The number of likely N-dealkylation sites (tertiary alicyclic amines) is 1. The zero-order valence-corrected chi connectivity index (χ0v) is 41.3. The van der Waals surface area contributed by atoms with E-state index in [9.17, 15) is 47.9 Å². The highest BCUT2D eigenvalue weighted by Gasteiger charge is 2.44. The monoisotopic (exact) mass is 943 g/mol. The summed E-state index contributed by atoms with van der Waals surface area (Å²) in [5.41, 5.74) is 0.530. The topological polar surface area (TPSA) is 212 Å². The summed E-state index contributed by atoms with van der Waals surface area (Å²) in [4.78, 5) is 112. The molecule has 0 bridgehead atoms. The average molecular weight is 943 g/mol. The Kier molecular flexibility index (Phi) is 22.1. The molecule has 9 atom stereocenters. The number of benzene rings is 1. The molecule has 0 saturated carbocycles. The number of rotatable bonds is 27. The van der Waals surface area contributed by atoms with E-state index in [4.69, 9.17) is 9.47 Å². The van der Waals surface area contributed by atoms with Gasteiger partial charge in [0.1, 0.15) is 23.9 Å². The maximum Gasteiger partial charge on any atom is 0.326 e. The largest absolute Gasteiger partial charge is 0.480 e. The number of ether oxygens (including phenoxy) is 2. The number of nitrogens with zero attached hydrogens (tertiary/aromatic N) is 4. The molecule has 374 valence electrons. The molecule has 0 spiro atoms. The molecule has 2 aliphatic heterocycles. The number of carbonyl (C=O) groups is 8. The number of imide groups is 1. The minimum absolute atomic E-state index is 0.0646. The molecule has 1 fully saturated rings. The van der Waals surface area contributed by atoms with E-state index in [1.165, 1.54) is 55.5 Å². The molecule has 2 aliphatic rings. The van der Waals surface area contributed by atoms with Crippen LogP contribution in [0.3, 0.4) is 0 Å². The molecule has 0 aromatic heterocycles. The van der Waals surface area contributed by atoms with E-state index in [2.05, 4.69) is 10.6 Å². The van der Waals surface area contributed by atoms with Gasteiger partial charge in [0, 0.05) is 66.4 Å². The summed E-state index contributed by atoms with van der Waals surface area (Å²) >= 11 is 0. The molecule has 1 saturated heterocycles. The number of carbonyl (C=O) groups excluding carboxylic acids is 7. The lowest BCUT2D eigenvalue weighted by molar-refractivity contribution is -0.149. The van der Waals surface area contributed by atoms with E-state index >= 15 is 0 Å². The number of aliphatic carboxylic acids is 1. The molecule has 1 aromatic rings. The Labute approximate surface area is 395 Å². The van der Waals surface area contributed by atoms with Gasteiger partial charge in [0.2, 0.25) is 29.5 Å². The van der Waals surface area contributed by atoms with Crippen molar-refractivity contribution in [2.75, 3.05) is 41.4 Å². The van der Waals surface area contributed by atoms with Gasteiger partial charge in [-0.25, -0.2) is 9.18 Å². The van der Waals surface area contributed by atoms with Crippen LogP contribution < -0.4 is 10.6 Å². The summed E-state index contributed by atoms with van der Waals surface area (Å²) < 4.78 is 25.4. The van der Waals surface area contributed by atoms with Gasteiger partial charge < -0.3 is 39.9 Å². The molecule has 18 heteroatoms. The van der Waals surface area contributed by atoms with Crippen molar-refractivity contribution in [1.82, 2.24) is 30.2 Å². The summed E-state index contributed by atoms with van der Waals surface area (Å²) in [6.07, 6.45) is 4.32. The quantitative estimate of drug-likeness (QED) is 0.0849. The van der Waals surface area contributed by atoms with Crippen LogP contribution >= 0.6 is 0 Å². The van der Waals surface area contributed by atoms with Crippen LogP contribution in [0, 0.1) is 29.5 Å². The van der Waals surface area contributed by atoms with Crippen molar-refractivity contribution < 1.29 is 57.3 Å². The standard InChI is InChI=1S/C49H75FN6O11/c1-12-31(6)44(54(9)48(63)42(29(2)3)52-47(62)43(30(4)5)53(8)38(57)18-14-13-15-25-56-39(58)23-24-40(56)59)37(66-10)28-41(60)55-26-16-17-36(55)45(67-11)32(7)46(61)51-35(49(64)65)27-33-19-21-34(50)22-20-33/h19-24,29-32,35-37,42-45H,12-18,25-28H2,1-11H3,(H,51,61)(H,52,62)(H,64,65)/t31-,32+,35-,36-,37+,42-,43-,44-,45+/m0/s1. The molecule has 2 heterocycles. The molecule has 67 heavy (non-hydrogen) atoms. The van der Waals surface area contributed by atoms with Crippen molar-refractivity contribution in [1.29, 1.82) is 0 Å². The van der Waals surface area contributed by atoms with Crippen LogP contribution in [0.25, 0.3) is 0 Å². The number of likely N-dealkylation sites (N-methyl/N-ethyl adjacent to an activating group) is 2. The van der Waals surface area contributed by atoms with E-state index in [0.717, 1.165) is 4.90 Å². The van der Waals surface area contributed by atoms with Crippen LogP contribution in [0.1, 0.15) is 105 Å². The fourth-order valence-corrected chi connectivity index (χ4v) is 9.27. The van der Waals surface area contributed by atoms with Crippen molar-refractivity contribution >= 4 is 47.3 Å². The Morgan fingerprint density at radius 2 is 1.48 bits per heavy atom. The van der Waals surface area contributed by atoms with Crippen LogP contribution in [0.15, 0.2) is 36.4 Å².